The van der Waals surface area contributed by atoms with E-state index in [0.717, 1.165) is 11.3 Å². The summed E-state index contributed by atoms with van der Waals surface area (Å²) in [7, 11) is -0.610. The first-order valence-corrected chi connectivity index (χ1v) is 11.5. The van der Waals surface area contributed by atoms with Crippen LogP contribution in [0.3, 0.4) is 0 Å². The molecule has 0 spiro atoms. The SMILES string of the molecule is COc1cc(CS(=O)(=O)Nc2ccc3c(c2)CCC(=O)N3CC(C)C)cc(OC)c1. The van der Waals surface area contributed by atoms with Gasteiger partial charge in [0.25, 0.3) is 0 Å². The van der Waals surface area contributed by atoms with E-state index in [-0.39, 0.29) is 11.7 Å². The fourth-order valence-electron chi connectivity index (χ4n) is 3.57. The second-order valence-electron chi connectivity index (χ2n) is 7.82. The van der Waals surface area contributed by atoms with E-state index in [0.29, 0.717) is 48.1 Å². The molecule has 0 radical (unpaired) electrons. The number of nitrogens with one attached hydrogen (secondary N) is 1. The predicted octanol–water partition coefficient (Wildman–Crippen LogP) is 3.58. The summed E-state index contributed by atoms with van der Waals surface area (Å²) in [6, 6.07) is 10.4. The molecule has 0 saturated carbocycles. The zero-order valence-electron chi connectivity index (χ0n) is 17.8. The first kappa shape index (κ1) is 22.0. The Hall–Kier alpha value is -2.74. The van der Waals surface area contributed by atoms with Gasteiger partial charge in [-0.05, 0) is 53.8 Å². The van der Waals surface area contributed by atoms with Crippen LogP contribution in [0.5, 0.6) is 11.5 Å². The molecular weight excluding hydrogens is 404 g/mol. The van der Waals surface area contributed by atoms with E-state index < -0.39 is 10.0 Å². The molecular formula is C22H28N2O5S. The van der Waals surface area contributed by atoms with Crippen LogP contribution in [0.15, 0.2) is 36.4 Å². The quantitative estimate of drug-likeness (QED) is 0.689. The Bertz CT molecular complexity index is 1010. The number of nitrogens with zero attached hydrogens (tertiary/aromatic N) is 1. The molecule has 0 aromatic heterocycles. The first-order chi connectivity index (χ1) is 14.2. The highest BCUT2D eigenvalue weighted by Gasteiger charge is 2.25. The summed E-state index contributed by atoms with van der Waals surface area (Å²) < 4.78 is 38.6. The van der Waals surface area contributed by atoms with Crippen LogP contribution in [0.2, 0.25) is 0 Å². The molecule has 1 aliphatic heterocycles. The van der Waals surface area contributed by atoms with Crippen LogP contribution in [-0.4, -0.2) is 35.1 Å². The van der Waals surface area contributed by atoms with Crippen molar-refractivity contribution in [1.82, 2.24) is 0 Å². The lowest BCUT2D eigenvalue weighted by atomic mass is 9.99. The highest BCUT2D eigenvalue weighted by atomic mass is 32.2. The number of benzene rings is 2. The molecule has 2 aromatic carbocycles. The third kappa shape index (κ3) is 5.24. The van der Waals surface area contributed by atoms with Crippen LogP contribution in [0.1, 0.15) is 31.4 Å². The number of aryl methyl sites for hydroxylation is 1. The molecule has 0 bridgehead atoms. The van der Waals surface area contributed by atoms with Gasteiger partial charge in [-0.2, -0.15) is 0 Å². The van der Waals surface area contributed by atoms with Crippen LogP contribution in [-0.2, 0) is 27.0 Å². The number of ether oxygens (including phenoxy) is 2. The molecule has 3 rings (SSSR count). The minimum absolute atomic E-state index is 0.108. The van der Waals surface area contributed by atoms with E-state index in [9.17, 15) is 13.2 Å². The molecule has 0 atom stereocenters. The van der Waals surface area contributed by atoms with E-state index in [4.69, 9.17) is 9.47 Å². The molecule has 0 aliphatic carbocycles. The maximum atomic E-state index is 12.7. The molecule has 30 heavy (non-hydrogen) atoms. The molecule has 2 aromatic rings. The summed E-state index contributed by atoms with van der Waals surface area (Å²) >= 11 is 0. The Balaban J connectivity index is 1.80. The van der Waals surface area contributed by atoms with Crippen molar-refractivity contribution in [3.8, 4) is 11.5 Å². The topological polar surface area (TPSA) is 84.9 Å². The monoisotopic (exact) mass is 432 g/mol. The van der Waals surface area contributed by atoms with E-state index >= 15 is 0 Å². The van der Waals surface area contributed by atoms with Gasteiger partial charge in [0.05, 0.1) is 20.0 Å². The Morgan fingerprint density at radius 3 is 2.30 bits per heavy atom. The fraction of sp³-hybridized carbons (Fsp3) is 0.409. The Morgan fingerprint density at radius 1 is 1.03 bits per heavy atom. The van der Waals surface area contributed by atoms with Gasteiger partial charge in [-0.1, -0.05) is 13.8 Å². The number of rotatable bonds is 8. The number of hydrogen-bond acceptors (Lipinski definition) is 5. The number of carbonyl (C=O) groups excluding carboxylic acids is 1. The van der Waals surface area contributed by atoms with Gasteiger partial charge in [-0.15, -0.1) is 0 Å². The maximum Gasteiger partial charge on any atom is 0.236 e. The van der Waals surface area contributed by atoms with Crippen molar-refractivity contribution >= 4 is 27.3 Å². The normalized spacial score (nSPS) is 13.9. The number of carbonyl (C=O) groups is 1. The van der Waals surface area contributed by atoms with Gasteiger partial charge < -0.3 is 14.4 Å². The van der Waals surface area contributed by atoms with Crippen LogP contribution in [0.25, 0.3) is 0 Å². The van der Waals surface area contributed by atoms with Crippen molar-refractivity contribution in [2.45, 2.75) is 32.4 Å². The minimum atomic E-state index is -3.65. The highest BCUT2D eigenvalue weighted by molar-refractivity contribution is 7.91. The van der Waals surface area contributed by atoms with Crippen LogP contribution >= 0.6 is 0 Å². The van der Waals surface area contributed by atoms with Gasteiger partial charge >= 0.3 is 0 Å². The van der Waals surface area contributed by atoms with Gasteiger partial charge in [0.2, 0.25) is 15.9 Å². The van der Waals surface area contributed by atoms with Crippen LogP contribution < -0.4 is 19.1 Å². The van der Waals surface area contributed by atoms with Crippen molar-refractivity contribution in [1.29, 1.82) is 0 Å². The number of anilines is 2. The molecule has 0 unspecified atom stereocenters. The van der Waals surface area contributed by atoms with Crippen molar-refractivity contribution in [2.75, 3.05) is 30.4 Å². The lowest BCUT2D eigenvalue weighted by molar-refractivity contribution is -0.119. The van der Waals surface area contributed by atoms with E-state index in [1.54, 1.807) is 29.2 Å². The standard InChI is InChI=1S/C22H28N2O5S/c1-15(2)13-24-21-7-6-18(11-17(21)5-8-22(24)25)23-30(26,27)14-16-9-19(28-3)12-20(10-16)29-4/h6-7,9-12,15,23H,5,8,13-14H2,1-4H3. The van der Waals surface area contributed by atoms with Crippen LogP contribution in [0.4, 0.5) is 11.4 Å². The van der Waals surface area contributed by atoms with Crippen LogP contribution in [0, 0.1) is 5.92 Å². The summed E-state index contributed by atoms with van der Waals surface area (Å²) in [5, 5.41) is 0. The molecule has 1 aliphatic rings. The first-order valence-electron chi connectivity index (χ1n) is 9.86. The van der Waals surface area contributed by atoms with Gasteiger partial charge in [0.1, 0.15) is 11.5 Å². The van der Waals surface area contributed by atoms with E-state index in [1.807, 2.05) is 12.1 Å². The Morgan fingerprint density at radius 2 is 1.70 bits per heavy atom. The van der Waals surface area contributed by atoms with Gasteiger partial charge in [-0.3, -0.25) is 9.52 Å². The maximum absolute atomic E-state index is 12.7. The largest absolute Gasteiger partial charge is 0.497 e. The van der Waals surface area contributed by atoms with E-state index in [1.165, 1.54) is 14.2 Å². The summed E-state index contributed by atoms with van der Waals surface area (Å²) in [6.45, 7) is 4.78. The zero-order chi connectivity index (χ0) is 21.9. The average molecular weight is 433 g/mol. The number of amides is 1. The minimum Gasteiger partial charge on any atom is -0.497 e. The number of fused-ring (bicyclic) bond motifs is 1. The molecule has 162 valence electrons. The van der Waals surface area contributed by atoms with Crippen molar-refractivity contribution < 1.29 is 22.7 Å². The number of sulfonamides is 1. The molecule has 7 nitrogen and oxygen atoms in total. The Kier molecular flexibility index (Phi) is 6.55. The molecule has 1 heterocycles. The Labute approximate surface area is 178 Å². The molecule has 8 heteroatoms. The summed E-state index contributed by atoms with van der Waals surface area (Å²) in [6.07, 6.45) is 1.03. The molecule has 0 saturated heterocycles. The average Bonchev–Trinajstić information content (AvgIpc) is 2.68. The van der Waals surface area contributed by atoms with Crippen molar-refractivity contribution in [3.05, 3.63) is 47.5 Å². The third-order valence-corrected chi connectivity index (χ3v) is 6.13. The fourth-order valence-corrected chi connectivity index (χ4v) is 4.74. The highest BCUT2D eigenvalue weighted by Crippen LogP contribution is 2.31. The van der Waals surface area contributed by atoms with Crippen molar-refractivity contribution in [3.63, 3.8) is 0 Å². The summed E-state index contributed by atoms with van der Waals surface area (Å²) in [5.74, 6) is 1.30. The van der Waals surface area contributed by atoms with Gasteiger partial charge in [-0.25, -0.2) is 8.42 Å². The number of hydrogen-bond donors (Lipinski definition) is 1. The lowest BCUT2D eigenvalue weighted by Gasteiger charge is -2.31. The predicted molar refractivity (Wildman–Crippen MR) is 118 cm³/mol. The zero-order valence-corrected chi connectivity index (χ0v) is 18.6. The summed E-state index contributed by atoms with van der Waals surface area (Å²) in [4.78, 5) is 14.1. The number of methoxy groups -OCH3 is 2. The second-order valence-corrected chi connectivity index (χ2v) is 9.55. The van der Waals surface area contributed by atoms with E-state index in [2.05, 4.69) is 18.6 Å². The molecule has 0 fully saturated rings. The third-order valence-electron chi connectivity index (χ3n) is 4.87. The smallest absolute Gasteiger partial charge is 0.236 e. The second kappa shape index (κ2) is 8.95. The molecule has 1 amide bonds. The van der Waals surface area contributed by atoms with Gasteiger partial charge in [0, 0.05) is 30.4 Å². The molecule has 1 N–H and O–H groups in total. The van der Waals surface area contributed by atoms with Crippen molar-refractivity contribution in [2.24, 2.45) is 5.92 Å². The van der Waals surface area contributed by atoms with Gasteiger partial charge in [0.15, 0.2) is 0 Å². The summed E-state index contributed by atoms with van der Waals surface area (Å²) in [5.41, 5.74) is 2.88. The lowest BCUT2D eigenvalue weighted by Crippen LogP contribution is -2.37.